The molecule has 0 aliphatic carbocycles. The number of carbonyl (C=O) groups is 1. The van der Waals surface area contributed by atoms with Gasteiger partial charge in [0.2, 0.25) is 5.91 Å². The van der Waals surface area contributed by atoms with E-state index in [4.69, 9.17) is 4.42 Å². The fourth-order valence-electron chi connectivity index (χ4n) is 2.91. The normalized spacial score (nSPS) is 11.0. The molecule has 1 amide bonds. The van der Waals surface area contributed by atoms with Crippen molar-refractivity contribution in [1.82, 2.24) is 14.9 Å². The number of nitrogens with one attached hydrogen (secondary N) is 1. The average Bonchev–Trinajstić information content (AvgIpc) is 3.44. The number of furan rings is 1. The molecule has 0 aliphatic heterocycles. The Bertz CT molecular complexity index is 1150. The summed E-state index contributed by atoms with van der Waals surface area (Å²) in [7, 11) is 0. The minimum Gasteiger partial charge on any atom is -0.467 e. The van der Waals surface area contributed by atoms with Gasteiger partial charge in [-0.2, -0.15) is 0 Å². The van der Waals surface area contributed by atoms with Gasteiger partial charge in [-0.3, -0.25) is 14.2 Å². The number of hydrogen-bond acceptors (Lipinski definition) is 6. The van der Waals surface area contributed by atoms with Crippen LogP contribution in [0.25, 0.3) is 10.9 Å². The van der Waals surface area contributed by atoms with Crippen molar-refractivity contribution < 1.29 is 9.21 Å². The third-order valence-corrected chi connectivity index (χ3v) is 6.27. The van der Waals surface area contributed by atoms with E-state index in [1.54, 1.807) is 40.4 Å². The third-order valence-electron chi connectivity index (χ3n) is 4.36. The molecular formula is C21H19N3O3S2. The van der Waals surface area contributed by atoms with Crippen LogP contribution in [0.15, 0.2) is 74.5 Å². The largest absolute Gasteiger partial charge is 0.467 e. The number of carbonyl (C=O) groups excluding carboxylic acids is 1. The Labute approximate surface area is 175 Å². The van der Waals surface area contributed by atoms with E-state index in [9.17, 15) is 9.59 Å². The number of rotatable bonds is 8. The summed E-state index contributed by atoms with van der Waals surface area (Å²) in [5, 5.41) is 5.98. The van der Waals surface area contributed by atoms with Gasteiger partial charge in [0.1, 0.15) is 5.76 Å². The van der Waals surface area contributed by atoms with Crippen molar-refractivity contribution in [3.05, 3.63) is 81.2 Å². The predicted molar refractivity (Wildman–Crippen MR) is 115 cm³/mol. The van der Waals surface area contributed by atoms with Gasteiger partial charge in [0.05, 0.1) is 29.5 Å². The quantitative estimate of drug-likeness (QED) is 0.344. The molecule has 3 heterocycles. The first-order valence-electron chi connectivity index (χ1n) is 9.14. The molecule has 0 saturated carbocycles. The molecule has 0 aliphatic rings. The molecule has 0 fully saturated rings. The van der Waals surface area contributed by atoms with Crippen LogP contribution >= 0.6 is 23.1 Å². The molecule has 0 unspecified atom stereocenters. The third kappa shape index (κ3) is 4.78. The lowest BCUT2D eigenvalue weighted by atomic mass is 10.2. The van der Waals surface area contributed by atoms with Crippen molar-refractivity contribution in [2.75, 3.05) is 5.75 Å². The number of thioether (sulfide) groups is 1. The Morgan fingerprint density at radius 2 is 2.07 bits per heavy atom. The molecule has 29 heavy (non-hydrogen) atoms. The van der Waals surface area contributed by atoms with Crippen molar-refractivity contribution in [2.45, 2.75) is 24.7 Å². The van der Waals surface area contributed by atoms with Crippen LogP contribution in [0.1, 0.15) is 10.6 Å². The zero-order chi connectivity index (χ0) is 20.1. The standard InChI is InChI=1S/C21H19N3O3S2/c25-19(22-13-15-5-3-11-27-15)14-29-21-23-18-8-2-1-7-17(18)20(26)24(21)10-9-16-6-4-12-28-16/h1-8,11-12H,9-10,13-14H2,(H,22,25). The van der Waals surface area contributed by atoms with Crippen molar-refractivity contribution >= 4 is 39.9 Å². The summed E-state index contributed by atoms with van der Waals surface area (Å²) in [6.45, 7) is 0.857. The highest BCUT2D eigenvalue weighted by atomic mass is 32.2. The topological polar surface area (TPSA) is 77.1 Å². The van der Waals surface area contributed by atoms with Crippen LogP contribution < -0.4 is 10.9 Å². The maximum absolute atomic E-state index is 13.0. The predicted octanol–water partition coefficient (Wildman–Crippen LogP) is 3.70. The number of fused-ring (bicyclic) bond motifs is 1. The lowest BCUT2D eigenvalue weighted by molar-refractivity contribution is -0.118. The highest BCUT2D eigenvalue weighted by Crippen LogP contribution is 2.19. The van der Waals surface area contributed by atoms with Crippen LogP contribution in [0.5, 0.6) is 0 Å². The highest BCUT2D eigenvalue weighted by molar-refractivity contribution is 7.99. The molecule has 0 bridgehead atoms. The molecule has 0 spiro atoms. The summed E-state index contributed by atoms with van der Waals surface area (Å²) in [5.74, 6) is 0.725. The Kier molecular flexibility index (Phi) is 6.12. The van der Waals surface area contributed by atoms with Crippen LogP contribution in [0.3, 0.4) is 0 Å². The van der Waals surface area contributed by atoms with E-state index in [0.29, 0.717) is 34.9 Å². The number of aromatic nitrogens is 2. The van der Waals surface area contributed by atoms with Crippen molar-refractivity contribution in [2.24, 2.45) is 0 Å². The van der Waals surface area contributed by atoms with Crippen LogP contribution in [0, 0.1) is 0 Å². The van der Waals surface area contributed by atoms with Gasteiger partial charge in [-0.1, -0.05) is 30.0 Å². The van der Waals surface area contributed by atoms with Crippen LogP contribution in [-0.4, -0.2) is 21.2 Å². The highest BCUT2D eigenvalue weighted by Gasteiger charge is 2.13. The van der Waals surface area contributed by atoms with Gasteiger partial charge in [0.15, 0.2) is 5.16 Å². The second-order valence-electron chi connectivity index (χ2n) is 6.34. The van der Waals surface area contributed by atoms with Crippen molar-refractivity contribution in [1.29, 1.82) is 0 Å². The maximum atomic E-state index is 13.0. The Morgan fingerprint density at radius 1 is 1.17 bits per heavy atom. The lowest BCUT2D eigenvalue weighted by Crippen LogP contribution is -2.27. The summed E-state index contributed by atoms with van der Waals surface area (Å²) < 4.78 is 6.89. The van der Waals surface area contributed by atoms with E-state index < -0.39 is 0 Å². The molecule has 8 heteroatoms. The molecule has 4 rings (SSSR count). The summed E-state index contributed by atoms with van der Waals surface area (Å²) in [6.07, 6.45) is 2.32. The molecular weight excluding hydrogens is 406 g/mol. The molecule has 0 radical (unpaired) electrons. The average molecular weight is 426 g/mol. The molecule has 0 atom stereocenters. The zero-order valence-corrected chi connectivity index (χ0v) is 17.2. The van der Waals surface area contributed by atoms with Gasteiger partial charge >= 0.3 is 0 Å². The molecule has 3 aromatic heterocycles. The Hall–Kier alpha value is -2.84. The summed E-state index contributed by atoms with van der Waals surface area (Å²) in [4.78, 5) is 31.1. The fourth-order valence-corrected chi connectivity index (χ4v) is 4.47. The number of benzene rings is 1. The van der Waals surface area contributed by atoms with Crippen LogP contribution in [-0.2, 0) is 24.3 Å². The smallest absolute Gasteiger partial charge is 0.262 e. The lowest BCUT2D eigenvalue weighted by Gasteiger charge is -2.12. The summed E-state index contributed by atoms with van der Waals surface area (Å²) in [6, 6.07) is 14.9. The van der Waals surface area contributed by atoms with Crippen LogP contribution in [0.4, 0.5) is 0 Å². The molecule has 4 aromatic rings. The molecule has 6 nitrogen and oxygen atoms in total. The van der Waals surface area contributed by atoms with E-state index in [0.717, 1.165) is 6.42 Å². The molecule has 0 saturated heterocycles. The minimum atomic E-state index is -0.140. The second-order valence-corrected chi connectivity index (χ2v) is 8.32. The Morgan fingerprint density at radius 3 is 2.86 bits per heavy atom. The number of amides is 1. The monoisotopic (exact) mass is 425 g/mol. The number of thiophene rings is 1. The van der Waals surface area contributed by atoms with E-state index >= 15 is 0 Å². The first-order chi connectivity index (χ1) is 14.2. The number of hydrogen-bond donors (Lipinski definition) is 1. The Balaban J connectivity index is 1.52. The molecule has 1 aromatic carbocycles. The van der Waals surface area contributed by atoms with Gasteiger partial charge in [-0.25, -0.2) is 4.98 Å². The fraction of sp³-hybridized carbons (Fsp3) is 0.190. The maximum Gasteiger partial charge on any atom is 0.262 e. The van der Waals surface area contributed by atoms with Crippen molar-refractivity contribution in [3.63, 3.8) is 0 Å². The van der Waals surface area contributed by atoms with Gasteiger partial charge < -0.3 is 9.73 Å². The van der Waals surface area contributed by atoms with Crippen molar-refractivity contribution in [3.8, 4) is 0 Å². The van der Waals surface area contributed by atoms with Gasteiger partial charge in [0.25, 0.3) is 5.56 Å². The first-order valence-corrected chi connectivity index (χ1v) is 11.0. The number of para-hydroxylation sites is 1. The number of aryl methyl sites for hydroxylation is 1. The van der Waals surface area contributed by atoms with Gasteiger partial charge in [-0.15, -0.1) is 11.3 Å². The molecule has 148 valence electrons. The van der Waals surface area contributed by atoms with E-state index in [2.05, 4.69) is 16.4 Å². The second kappa shape index (κ2) is 9.11. The zero-order valence-electron chi connectivity index (χ0n) is 15.5. The van der Waals surface area contributed by atoms with Gasteiger partial charge in [-0.05, 0) is 42.1 Å². The summed E-state index contributed by atoms with van der Waals surface area (Å²) >= 11 is 2.94. The summed E-state index contributed by atoms with van der Waals surface area (Å²) in [5.41, 5.74) is 0.564. The first kappa shape index (κ1) is 19.5. The van der Waals surface area contributed by atoms with E-state index in [1.165, 1.54) is 16.6 Å². The van der Waals surface area contributed by atoms with Crippen LogP contribution in [0.2, 0.25) is 0 Å². The minimum absolute atomic E-state index is 0.0781. The molecule has 1 N–H and O–H groups in total. The van der Waals surface area contributed by atoms with E-state index in [1.807, 2.05) is 29.6 Å². The SMILES string of the molecule is O=C(CSc1nc2ccccc2c(=O)n1CCc1cccs1)NCc1ccco1. The van der Waals surface area contributed by atoms with Gasteiger partial charge in [0, 0.05) is 11.4 Å². The van der Waals surface area contributed by atoms with E-state index in [-0.39, 0.29) is 17.2 Å². The number of nitrogens with zero attached hydrogens (tertiary/aromatic N) is 2.